The number of benzene rings is 1. The normalized spacial score (nSPS) is 24.3. The summed E-state index contributed by atoms with van der Waals surface area (Å²) < 4.78 is 42.1. The monoisotopic (exact) mass is 839 g/mol. The number of carboxylic acids is 2. The number of hydrogen-bond donors (Lipinski definition) is 7. The van der Waals surface area contributed by atoms with Crippen LogP contribution >= 0.6 is 0 Å². The number of guanidine groups is 1. The lowest BCUT2D eigenvalue weighted by Crippen LogP contribution is -2.57. The highest BCUT2D eigenvalue weighted by molar-refractivity contribution is 5.97. The molecule has 4 atom stereocenters. The molecule has 326 valence electrons. The van der Waals surface area contributed by atoms with Gasteiger partial charge in [0, 0.05) is 13.1 Å². The molecule has 59 heavy (non-hydrogen) atoms. The SMILES string of the molecule is COC(=O)[C@H](CC12CC3CC(CC(C3)C1)C2)NC(=O)[C@H](CC(=O)O)N1CC[C@H](NC(=O)[C@H](CCCN=C(N)N)NC(=O)OCc2ccccc2)C1=O.O=C(O)C(F)(F)F. The Hall–Kier alpha value is -5.63. The van der Waals surface area contributed by atoms with Crippen LogP contribution in [-0.2, 0) is 44.8 Å². The minimum Gasteiger partial charge on any atom is -0.481 e. The van der Waals surface area contributed by atoms with Crippen LogP contribution in [0.25, 0.3) is 0 Å². The number of esters is 1. The fourth-order valence-corrected chi connectivity index (χ4v) is 9.18. The van der Waals surface area contributed by atoms with E-state index in [9.17, 15) is 47.0 Å². The lowest BCUT2D eigenvalue weighted by atomic mass is 9.48. The zero-order chi connectivity index (χ0) is 43.5. The van der Waals surface area contributed by atoms with Crippen molar-refractivity contribution < 1.29 is 66.4 Å². The Morgan fingerprint density at radius 2 is 1.54 bits per heavy atom. The third kappa shape index (κ3) is 13.5. The molecule has 0 aromatic heterocycles. The molecule has 4 bridgehead atoms. The summed E-state index contributed by atoms with van der Waals surface area (Å²) in [5.74, 6) is -5.08. The first-order valence-corrected chi connectivity index (χ1v) is 19.3. The van der Waals surface area contributed by atoms with Gasteiger partial charge < -0.3 is 52.0 Å². The number of amides is 4. The van der Waals surface area contributed by atoms with Gasteiger partial charge in [0.1, 0.15) is 30.8 Å². The summed E-state index contributed by atoms with van der Waals surface area (Å²) in [6, 6.07) is 4.33. The van der Waals surface area contributed by atoms with Gasteiger partial charge in [-0.2, -0.15) is 13.2 Å². The van der Waals surface area contributed by atoms with E-state index in [-0.39, 0.29) is 43.9 Å². The molecule has 0 radical (unpaired) electrons. The molecule has 6 rings (SSSR count). The maximum absolute atomic E-state index is 13.8. The molecule has 21 heteroatoms. The van der Waals surface area contributed by atoms with Gasteiger partial charge in [-0.05, 0) is 92.9 Å². The van der Waals surface area contributed by atoms with Gasteiger partial charge in [0.15, 0.2) is 5.96 Å². The Morgan fingerprint density at radius 1 is 0.949 bits per heavy atom. The van der Waals surface area contributed by atoms with Gasteiger partial charge in [-0.15, -0.1) is 0 Å². The van der Waals surface area contributed by atoms with E-state index in [0.717, 1.165) is 29.7 Å². The first-order valence-electron chi connectivity index (χ1n) is 19.3. The number of rotatable bonds is 17. The number of nitrogens with zero attached hydrogens (tertiary/aromatic N) is 2. The van der Waals surface area contributed by atoms with E-state index >= 15 is 0 Å². The quantitative estimate of drug-likeness (QED) is 0.0511. The molecule has 4 amide bonds. The van der Waals surface area contributed by atoms with E-state index in [4.69, 9.17) is 30.8 Å². The fourth-order valence-electron chi connectivity index (χ4n) is 9.18. The summed E-state index contributed by atoms with van der Waals surface area (Å²) in [4.78, 5) is 92.5. The Kier molecular flexibility index (Phi) is 15.9. The number of hydrogen-bond acceptors (Lipinski definition) is 10. The molecule has 4 saturated carbocycles. The van der Waals surface area contributed by atoms with E-state index < -0.39 is 78.5 Å². The maximum Gasteiger partial charge on any atom is 0.490 e. The Bertz CT molecular complexity index is 1690. The molecular formula is C38H52F3N7O11. The van der Waals surface area contributed by atoms with Gasteiger partial charge in [0.05, 0.1) is 13.5 Å². The molecular weight excluding hydrogens is 787 g/mol. The summed E-state index contributed by atoms with van der Waals surface area (Å²) in [6.45, 7) is 0.136. The van der Waals surface area contributed by atoms with Crippen LogP contribution in [0.15, 0.2) is 35.3 Å². The number of methoxy groups -OCH3 is 1. The molecule has 0 spiro atoms. The van der Waals surface area contributed by atoms with Gasteiger partial charge >= 0.3 is 30.2 Å². The van der Waals surface area contributed by atoms with Crippen molar-refractivity contribution in [3.8, 4) is 0 Å². The number of halogens is 3. The van der Waals surface area contributed by atoms with Gasteiger partial charge in [0.25, 0.3) is 0 Å². The van der Waals surface area contributed by atoms with Crippen molar-refractivity contribution in [2.45, 2.75) is 108 Å². The highest BCUT2D eigenvalue weighted by atomic mass is 19.4. The standard InChI is InChI=1S/C36H51N7O9.C2HF3O2/c1-51-33(49)27(19-36-16-22-12-23(17-36)14-24(13-22)18-36)41-31(47)28(15-29(44)45)43-11-9-26(32(43)48)40-30(46)25(8-5-10-39-34(37)38)42-35(50)52-20-21-6-3-2-4-7-21;3-2(4,5)1(6)7/h2-4,6-7,22-28H,5,8-20H2,1H3,(H,40,46)(H,41,47)(H,42,50)(H,44,45)(H4,37,38,39);(H,6,7)/t22?,23?,24?,25-,26-,27-,28-,36?;/m0./s1. The zero-order valence-corrected chi connectivity index (χ0v) is 32.6. The van der Waals surface area contributed by atoms with E-state index in [0.29, 0.717) is 30.6 Å². The minimum atomic E-state index is -5.08. The molecule has 1 aromatic rings. The number of alkyl halides is 3. The second kappa shape index (κ2) is 20.4. The Labute approximate surface area is 338 Å². The molecule has 4 aliphatic carbocycles. The number of carbonyl (C=O) groups is 7. The van der Waals surface area contributed by atoms with Gasteiger partial charge in [-0.3, -0.25) is 24.2 Å². The fraction of sp³-hybridized carbons (Fsp3) is 0.632. The van der Waals surface area contributed by atoms with Crippen LogP contribution in [-0.4, -0.2) is 113 Å². The number of nitrogens with one attached hydrogen (secondary N) is 3. The number of alkyl carbamates (subject to hydrolysis) is 1. The minimum absolute atomic E-state index is 0.0191. The molecule has 1 aromatic carbocycles. The molecule has 5 fully saturated rings. The van der Waals surface area contributed by atoms with Crippen LogP contribution in [0, 0.1) is 23.2 Å². The van der Waals surface area contributed by atoms with Crippen LogP contribution in [0.2, 0.25) is 0 Å². The number of carboxylic acid groups (broad SMARTS) is 2. The molecule has 1 heterocycles. The maximum atomic E-state index is 13.8. The summed E-state index contributed by atoms with van der Waals surface area (Å²) in [5.41, 5.74) is 11.5. The lowest BCUT2D eigenvalue weighted by molar-refractivity contribution is -0.192. The molecule has 18 nitrogen and oxygen atoms in total. The van der Waals surface area contributed by atoms with E-state index in [1.165, 1.54) is 26.4 Å². The van der Waals surface area contributed by atoms with Crippen molar-refractivity contribution in [3.05, 3.63) is 35.9 Å². The van der Waals surface area contributed by atoms with Crippen LogP contribution in [0.1, 0.15) is 76.2 Å². The van der Waals surface area contributed by atoms with Gasteiger partial charge in [0.2, 0.25) is 17.7 Å². The van der Waals surface area contributed by atoms with Crippen LogP contribution < -0.4 is 27.4 Å². The molecule has 1 aliphatic heterocycles. The first kappa shape index (κ1) is 46.1. The van der Waals surface area contributed by atoms with Crippen molar-refractivity contribution in [2.24, 2.45) is 39.6 Å². The van der Waals surface area contributed by atoms with Crippen molar-refractivity contribution in [1.29, 1.82) is 0 Å². The number of aliphatic imine (C=N–C) groups is 1. The third-order valence-electron chi connectivity index (χ3n) is 11.2. The van der Waals surface area contributed by atoms with Crippen LogP contribution in [0.3, 0.4) is 0 Å². The summed E-state index contributed by atoms with van der Waals surface area (Å²) in [5, 5.41) is 24.8. The zero-order valence-electron chi connectivity index (χ0n) is 32.6. The summed E-state index contributed by atoms with van der Waals surface area (Å²) in [6.07, 6.45) is 0.842. The highest BCUT2D eigenvalue weighted by Gasteiger charge is 2.52. The summed E-state index contributed by atoms with van der Waals surface area (Å²) in [7, 11) is 1.25. The number of aliphatic carboxylic acids is 2. The third-order valence-corrected chi connectivity index (χ3v) is 11.2. The van der Waals surface area contributed by atoms with Crippen molar-refractivity contribution in [2.75, 3.05) is 20.2 Å². The first-order chi connectivity index (χ1) is 27.8. The smallest absolute Gasteiger partial charge is 0.481 e. The predicted molar refractivity (Wildman–Crippen MR) is 201 cm³/mol. The summed E-state index contributed by atoms with van der Waals surface area (Å²) >= 11 is 0. The number of likely N-dealkylation sites (tertiary alicyclic amines) is 1. The highest BCUT2D eigenvalue weighted by Crippen LogP contribution is 2.61. The van der Waals surface area contributed by atoms with Gasteiger partial charge in [-0.1, -0.05) is 30.3 Å². The molecule has 5 aliphatic rings. The largest absolute Gasteiger partial charge is 0.490 e. The average Bonchev–Trinajstić information content (AvgIpc) is 3.51. The van der Waals surface area contributed by atoms with Gasteiger partial charge in [-0.25, -0.2) is 14.4 Å². The second-order valence-electron chi connectivity index (χ2n) is 15.7. The van der Waals surface area contributed by atoms with Crippen LogP contribution in [0.5, 0.6) is 0 Å². The topological polar surface area (TPSA) is 282 Å². The van der Waals surface area contributed by atoms with E-state index in [1.807, 2.05) is 6.07 Å². The average molecular weight is 840 g/mol. The van der Waals surface area contributed by atoms with Crippen LogP contribution in [0.4, 0.5) is 18.0 Å². The number of nitrogens with two attached hydrogens (primary N) is 2. The second-order valence-corrected chi connectivity index (χ2v) is 15.7. The lowest BCUT2D eigenvalue weighted by Gasteiger charge is -2.57. The van der Waals surface area contributed by atoms with Crippen molar-refractivity contribution >= 4 is 47.7 Å². The van der Waals surface area contributed by atoms with E-state index in [1.54, 1.807) is 24.3 Å². The predicted octanol–water partition coefficient (Wildman–Crippen LogP) is 1.79. The molecule has 1 saturated heterocycles. The van der Waals surface area contributed by atoms with Crippen molar-refractivity contribution in [3.63, 3.8) is 0 Å². The number of ether oxygens (including phenoxy) is 2. The Morgan fingerprint density at radius 3 is 2.07 bits per heavy atom. The number of carbonyl (C=O) groups excluding carboxylic acids is 5. The molecule has 0 unspecified atom stereocenters. The Balaban J connectivity index is 0.00000101. The van der Waals surface area contributed by atoms with Crippen molar-refractivity contribution in [1.82, 2.24) is 20.9 Å². The molecule has 9 N–H and O–H groups in total. The van der Waals surface area contributed by atoms with E-state index in [2.05, 4.69) is 20.9 Å².